The second-order valence-corrected chi connectivity index (χ2v) is 4.82. The Balaban J connectivity index is 1.94. The van der Waals surface area contributed by atoms with Crippen molar-refractivity contribution in [2.45, 2.75) is 18.4 Å². The average Bonchev–Trinajstić information content (AvgIpc) is 2.67. The number of rotatable bonds is 5. The molecule has 4 nitrogen and oxygen atoms in total. The first-order valence-corrected chi connectivity index (χ1v) is 5.97. The molecule has 0 aliphatic carbocycles. The third-order valence-corrected chi connectivity index (χ3v) is 4.08. The van der Waals surface area contributed by atoms with Crippen molar-refractivity contribution in [3.05, 3.63) is 0 Å². The molecule has 0 aromatic rings. The molecular weight excluding hydrogens is 190 g/mol. The maximum absolute atomic E-state index is 5.98. The minimum Gasteiger partial charge on any atom is -0.383 e. The van der Waals surface area contributed by atoms with Gasteiger partial charge in [-0.2, -0.15) is 0 Å². The molecule has 2 bridgehead atoms. The first-order valence-electron chi connectivity index (χ1n) is 5.97. The Morgan fingerprint density at radius 1 is 1.53 bits per heavy atom. The molecule has 2 saturated heterocycles. The van der Waals surface area contributed by atoms with E-state index in [1.54, 1.807) is 7.11 Å². The van der Waals surface area contributed by atoms with Crippen LogP contribution in [0.15, 0.2) is 0 Å². The Morgan fingerprint density at radius 2 is 2.40 bits per heavy atom. The summed E-state index contributed by atoms with van der Waals surface area (Å²) in [5.41, 5.74) is 6.17. The fraction of sp³-hybridized carbons (Fsp3) is 1.00. The number of piperidine rings is 1. The lowest BCUT2D eigenvalue weighted by Gasteiger charge is -2.43. The van der Waals surface area contributed by atoms with Crippen LogP contribution in [0, 0.1) is 5.92 Å². The van der Waals surface area contributed by atoms with Gasteiger partial charge in [0.2, 0.25) is 0 Å². The molecule has 2 rings (SSSR count). The number of ether oxygens (including phenoxy) is 1. The van der Waals surface area contributed by atoms with Gasteiger partial charge in [-0.05, 0) is 31.8 Å². The van der Waals surface area contributed by atoms with E-state index in [0.717, 1.165) is 25.6 Å². The quantitative estimate of drug-likeness (QED) is 0.613. The molecule has 2 heterocycles. The summed E-state index contributed by atoms with van der Waals surface area (Å²) in [6, 6.07) is 0. The number of methoxy groups -OCH3 is 1. The summed E-state index contributed by atoms with van der Waals surface area (Å²) in [5, 5.41) is 3.64. The highest BCUT2D eigenvalue weighted by Gasteiger charge is 2.44. The maximum atomic E-state index is 5.98. The van der Waals surface area contributed by atoms with Gasteiger partial charge in [-0.1, -0.05) is 0 Å². The van der Waals surface area contributed by atoms with Gasteiger partial charge in [0.1, 0.15) is 0 Å². The Kier molecular flexibility index (Phi) is 3.61. The summed E-state index contributed by atoms with van der Waals surface area (Å²) in [5.74, 6) is 0.744. The van der Waals surface area contributed by atoms with Crippen LogP contribution in [-0.4, -0.2) is 56.9 Å². The van der Waals surface area contributed by atoms with E-state index >= 15 is 0 Å². The van der Waals surface area contributed by atoms with Crippen molar-refractivity contribution in [3.63, 3.8) is 0 Å². The van der Waals surface area contributed by atoms with E-state index in [9.17, 15) is 0 Å². The van der Waals surface area contributed by atoms with E-state index in [-0.39, 0.29) is 5.54 Å². The van der Waals surface area contributed by atoms with Gasteiger partial charge in [-0.25, -0.2) is 0 Å². The van der Waals surface area contributed by atoms with Crippen molar-refractivity contribution in [3.8, 4) is 0 Å². The number of fused-ring (bicyclic) bond motifs is 2. The summed E-state index contributed by atoms with van der Waals surface area (Å²) in [6.07, 6.45) is 2.50. The molecule has 15 heavy (non-hydrogen) atoms. The lowest BCUT2D eigenvalue weighted by molar-refractivity contribution is 0.119. The molecule has 0 spiro atoms. The van der Waals surface area contributed by atoms with E-state index in [0.29, 0.717) is 0 Å². The first kappa shape index (κ1) is 11.3. The summed E-state index contributed by atoms with van der Waals surface area (Å²) in [7, 11) is 1.75. The number of hydrogen-bond acceptors (Lipinski definition) is 4. The molecule has 0 saturated carbocycles. The molecule has 4 heteroatoms. The molecule has 2 aliphatic heterocycles. The molecule has 3 unspecified atom stereocenters. The highest BCUT2D eigenvalue weighted by Crippen LogP contribution is 2.34. The highest BCUT2D eigenvalue weighted by molar-refractivity contribution is 5.03. The third kappa shape index (κ3) is 2.18. The fourth-order valence-electron chi connectivity index (χ4n) is 3.02. The van der Waals surface area contributed by atoms with Crippen LogP contribution in [0.5, 0.6) is 0 Å². The number of nitrogens with one attached hydrogen (secondary N) is 1. The molecule has 0 amide bonds. The Labute approximate surface area is 92.1 Å². The molecule has 3 N–H and O–H groups in total. The van der Waals surface area contributed by atoms with Crippen molar-refractivity contribution in [2.24, 2.45) is 11.7 Å². The SMILES string of the molecule is COCCNC1(CN)CCN2CCC1C2. The number of nitrogens with two attached hydrogens (primary N) is 1. The molecule has 88 valence electrons. The second-order valence-electron chi connectivity index (χ2n) is 4.82. The Bertz CT molecular complexity index is 212. The van der Waals surface area contributed by atoms with Crippen molar-refractivity contribution >= 4 is 0 Å². The zero-order valence-corrected chi connectivity index (χ0v) is 9.67. The van der Waals surface area contributed by atoms with E-state index in [2.05, 4.69) is 10.2 Å². The summed E-state index contributed by atoms with van der Waals surface area (Å²) < 4.78 is 5.09. The summed E-state index contributed by atoms with van der Waals surface area (Å²) in [4.78, 5) is 2.55. The van der Waals surface area contributed by atoms with Crippen molar-refractivity contribution in [2.75, 3.05) is 46.4 Å². The smallest absolute Gasteiger partial charge is 0.0587 e. The van der Waals surface area contributed by atoms with Gasteiger partial charge in [0.25, 0.3) is 0 Å². The first-order chi connectivity index (χ1) is 7.30. The van der Waals surface area contributed by atoms with Gasteiger partial charge in [0.15, 0.2) is 0 Å². The minimum atomic E-state index is 0.186. The lowest BCUT2D eigenvalue weighted by atomic mass is 9.79. The largest absolute Gasteiger partial charge is 0.383 e. The van der Waals surface area contributed by atoms with Gasteiger partial charge in [0.05, 0.1) is 6.61 Å². The van der Waals surface area contributed by atoms with Gasteiger partial charge in [0, 0.05) is 32.3 Å². The third-order valence-electron chi connectivity index (χ3n) is 4.08. The van der Waals surface area contributed by atoms with Crippen LogP contribution in [0.1, 0.15) is 12.8 Å². The van der Waals surface area contributed by atoms with Crippen LogP contribution in [-0.2, 0) is 4.74 Å². The van der Waals surface area contributed by atoms with Crippen LogP contribution in [0.2, 0.25) is 0 Å². The van der Waals surface area contributed by atoms with E-state index in [4.69, 9.17) is 10.5 Å². The minimum absolute atomic E-state index is 0.186. The molecule has 3 atom stereocenters. The highest BCUT2D eigenvalue weighted by atomic mass is 16.5. The van der Waals surface area contributed by atoms with Gasteiger partial charge >= 0.3 is 0 Å². The maximum Gasteiger partial charge on any atom is 0.0587 e. The van der Waals surface area contributed by atoms with Crippen molar-refractivity contribution in [1.29, 1.82) is 0 Å². The molecular formula is C11H23N3O. The van der Waals surface area contributed by atoms with Gasteiger partial charge in [-0.15, -0.1) is 0 Å². The predicted octanol–water partition coefficient (Wildman–Crippen LogP) is -0.354. The van der Waals surface area contributed by atoms with Crippen molar-refractivity contribution < 1.29 is 4.74 Å². The normalized spacial score (nSPS) is 39.6. The van der Waals surface area contributed by atoms with Crippen molar-refractivity contribution in [1.82, 2.24) is 10.2 Å². The molecule has 2 aliphatic rings. The van der Waals surface area contributed by atoms with E-state index < -0.39 is 0 Å². The van der Waals surface area contributed by atoms with Gasteiger partial charge in [-0.3, -0.25) is 0 Å². The summed E-state index contributed by atoms with van der Waals surface area (Å²) in [6.45, 7) is 6.15. The number of nitrogens with zero attached hydrogens (tertiary/aromatic N) is 1. The lowest BCUT2D eigenvalue weighted by Crippen LogP contribution is -2.61. The van der Waals surface area contributed by atoms with Crippen LogP contribution in [0.4, 0.5) is 0 Å². The Hall–Kier alpha value is -0.160. The molecule has 0 aromatic heterocycles. The van der Waals surface area contributed by atoms with E-state index in [1.165, 1.54) is 32.5 Å². The second kappa shape index (κ2) is 4.78. The fourth-order valence-corrected chi connectivity index (χ4v) is 3.02. The van der Waals surface area contributed by atoms with E-state index in [1.807, 2.05) is 0 Å². The molecule has 0 aromatic carbocycles. The van der Waals surface area contributed by atoms with Crippen LogP contribution >= 0.6 is 0 Å². The zero-order valence-electron chi connectivity index (χ0n) is 9.67. The topological polar surface area (TPSA) is 50.5 Å². The predicted molar refractivity (Wildman–Crippen MR) is 60.8 cm³/mol. The van der Waals surface area contributed by atoms with Crippen LogP contribution in [0.25, 0.3) is 0 Å². The average molecular weight is 213 g/mol. The number of hydrogen-bond donors (Lipinski definition) is 2. The standard InChI is InChI=1S/C11H23N3O/c1-15-7-4-13-11(9-12)3-6-14-5-2-10(11)8-14/h10,13H,2-9,12H2,1H3. The zero-order chi connectivity index (χ0) is 10.7. The Morgan fingerprint density at radius 3 is 3.13 bits per heavy atom. The molecule has 2 fully saturated rings. The van der Waals surface area contributed by atoms with Gasteiger partial charge < -0.3 is 20.7 Å². The summed E-state index contributed by atoms with van der Waals surface area (Å²) >= 11 is 0. The monoisotopic (exact) mass is 213 g/mol. The van der Waals surface area contributed by atoms with Crippen LogP contribution < -0.4 is 11.1 Å². The molecule has 0 radical (unpaired) electrons. The van der Waals surface area contributed by atoms with Crippen LogP contribution in [0.3, 0.4) is 0 Å².